The van der Waals surface area contributed by atoms with Crippen molar-refractivity contribution >= 4 is 23.5 Å². The van der Waals surface area contributed by atoms with E-state index in [0.717, 1.165) is 28.9 Å². The minimum Gasteiger partial charge on any atom is -0.357 e. The molecule has 0 radical (unpaired) electrons. The van der Waals surface area contributed by atoms with E-state index in [-0.39, 0.29) is 24.2 Å². The second kappa shape index (κ2) is 7.42. The zero-order valence-electron chi connectivity index (χ0n) is 16.3. The molecular weight excluding hydrogens is 370 g/mol. The summed E-state index contributed by atoms with van der Waals surface area (Å²) in [5.41, 5.74) is 3.53. The smallest absolute Gasteiger partial charge is 0.275 e. The van der Waals surface area contributed by atoms with Gasteiger partial charge in [-0.3, -0.25) is 24.9 Å². The fraction of sp³-hybridized carbons (Fsp3) is 0.300. The van der Waals surface area contributed by atoms with Gasteiger partial charge in [0.15, 0.2) is 0 Å². The van der Waals surface area contributed by atoms with Gasteiger partial charge < -0.3 is 10.2 Å². The number of hydrogen-bond donors (Lipinski definition) is 2. The molecule has 0 bridgehead atoms. The van der Waals surface area contributed by atoms with Crippen LogP contribution in [0.15, 0.2) is 42.0 Å². The molecule has 0 aromatic carbocycles. The van der Waals surface area contributed by atoms with E-state index in [1.165, 1.54) is 4.90 Å². The van der Waals surface area contributed by atoms with E-state index in [1.54, 1.807) is 36.6 Å². The highest BCUT2D eigenvalue weighted by atomic mass is 16.2. The SMILES string of the molecule is Cc1cncc(-c2ccc(NC(=O)CN3CCCC4=C3C(=O)N(C)C4=N)nc2)n1. The van der Waals surface area contributed by atoms with Gasteiger partial charge in [0.1, 0.15) is 17.4 Å². The third-order valence-corrected chi connectivity index (χ3v) is 5.00. The van der Waals surface area contributed by atoms with Gasteiger partial charge >= 0.3 is 0 Å². The molecule has 0 spiro atoms. The number of nitrogens with one attached hydrogen (secondary N) is 2. The summed E-state index contributed by atoms with van der Waals surface area (Å²) in [5.74, 6) is 0.169. The molecule has 2 N–H and O–H groups in total. The van der Waals surface area contributed by atoms with Crippen molar-refractivity contribution < 1.29 is 9.59 Å². The molecule has 0 unspecified atom stereocenters. The summed E-state index contributed by atoms with van der Waals surface area (Å²) in [4.78, 5) is 40.8. The minimum absolute atomic E-state index is 0.0402. The Balaban J connectivity index is 1.44. The van der Waals surface area contributed by atoms with Gasteiger partial charge in [0.25, 0.3) is 5.91 Å². The van der Waals surface area contributed by atoms with Gasteiger partial charge in [-0.15, -0.1) is 0 Å². The van der Waals surface area contributed by atoms with E-state index in [1.807, 2.05) is 13.0 Å². The molecule has 4 heterocycles. The van der Waals surface area contributed by atoms with Crippen molar-refractivity contribution in [1.82, 2.24) is 24.8 Å². The molecule has 148 valence electrons. The molecule has 29 heavy (non-hydrogen) atoms. The van der Waals surface area contributed by atoms with E-state index >= 15 is 0 Å². The van der Waals surface area contributed by atoms with Crippen molar-refractivity contribution in [2.75, 3.05) is 25.5 Å². The number of amidine groups is 1. The van der Waals surface area contributed by atoms with E-state index in [0.29, 0.717) is 24.5 Å². The first-order chi connectivity index (χ1) is 13.9. The van der Waals surface area contributed by atoms with Gasteiger partial charge in [0.2, 0.25) is 5.91 Å². The van der Waals surface area contributed by atoms with Gasteiger partial charge in [-0.05, 0) is 31.9 Å². The highest BCUT2D eigenvalue weighted by Gasteiger charge is 2.38. The molecule has 2 aliphatic rings. The van der Waals surface area contributed by atoms with Crippen LogP contribution in [-0.2, 0) is 9.59 Å². The molecule has 9 nitrogen and oxygen atoms in total. The Hall–Kier alpha value is -3.62. The number of likely N-dealkylation sites (N-methyl/N-ethyl adjacent to an activating group) is 1. The number of carbonyl (C=O) groups excluding carboxylic acids is 2. The third kappa shape index (κ3) is 3.58. The third-order valence-electron chi connectivity index (χ3n) is 5.00. The molecule has 2 aromatic rings. The van der Waals surface area contributed by atoms with Gasteiger partial charge in [-0.2, -0.15) is 0 Å². The van der Waals surface area contributed by atoms with E-state index in [9.17, 15) is 9.59 Å². The number of carbonyl (C=O) groups is 2. The number of aromatic nitrogens is 3. The standard InChI is InChI=1S/C20H21N7O2/c1-12-8-22-10-15(24-12)13-5-6-16(23-9-13)25-17(28)11-27-7-3-4-14-18(27)20(29)26(2)19(14)21/h5-6,8-10,21H,3-4,7,11H2,1-2H3,(H,23,25,28). The van der Waals surface area contributed by atoms with Gasteiger partial charge in [0.05, 0.1) is 24.1 Å². The van der Waals surface area contributed by atoms with Crippen molar-refractivity contribution in [2.45, 2.75) is 19.8 Å². The van der Waals surface area contributed by atoms with Crippen LogP contribution in [0.25, 0.3) is 11.3 Å². The second-order valence-corrected chi connectivity index (χ2v) is 7.09. The number of amides is 2. The van der Waals surface area contributed by atoms with Gasteiger partial charge in [-0.1, -0.05) is 0 Å². The first-order valence-corrected chi connectivity index (χ1v) is 9.34. The first kappa shape index (κ1) is 18.7. The number of rotatable bonds is 4. The molecular formula is C20H21N7O2. The molecule has 4 rings (SSSR count). The topological polar surface area (TPSA) is 115 Å². The average molecular weight is 391 g/mol. The Kier molecular flexibility index (Phi) is 4.79. The van der Waals surface area contributed by atoms with Crippen molar-refractivity contribution in [1.29, 1.82) is 5.41 Å². The lowest BCUT2D eigenvalue weighted by molar-refractivity contribution is -0.124. The fourth-order valence-electron chi connectivity index (χ4n) is 3.56. The number of pyridine rings is 1. The Morgan fingerprint density at radius 3 is 2.83 bits per heavy atom. The summed E-state index contributed by atoms with van der Waals surface area (Å²) in [6, 6.07) is 3.53. The van der Waals surface area contributed by atoms with Crippen LogP contribution in [0.4, 0.5) is 5.82 Å². The maximum Gasteiger partial charge on any atom is 0.275 e. The van der Waals surface area contributed by atoms with Gasteiger partial charge in [-0.25, -0.2) is 9.97 Å². The summed E-state index contributed by atoms with van der Waals surface area (Å²) in [6.45, 7) is 2.52. The monoisotopic (exact) mass is 391 g/mol. The molecule has 2 aromatic heterocycles. The predicted molar refractivity (Wildman–Crippen MR) is 107 cm³/mol. The zero-order chi connectivity index (χ0) is 20.5. The minimum atomic E-state index is -0.261. The molecule has 0 saturated heterocycles. The quantitative estimate of drug-likeness (QED) is 0.818. The highest BCUT2D eigenvalue weighted by Crippen LogP contribution is 2.30. The van der Waals surface area contributed by atoms with Crippen LogP contribution in [-0.4, -0.2) is 62.5 Å². The molecule has 0 atom stereocenters. The molecule has 0 saturated carbocycles. The normalized spacial score (nSPS) is 16.3. The van der Waals surface area contributed by atoms with E-state index in [4.69, 9.17) is 5.41 Å². The molecule has 0 aliphatic carbocycles. The van der Waals surface area contributed by atoms with Crippen molar-refractivity contribution in [3.05, 3.63) is 47.7 Å². The lowest BCUT2D eigenvalue weighted by atomic mass is 10.0. The highest BCUT2D eigenvalue weighted by molar-refractivity contribution is 6.20. The fourth-order valence-corrected chi connectivity index (χ4v) is 3.56. The molecule has 2 amide bonds. The Morgan fingerprint density at radius 1 is 1.28 bits per heavy atom. The van der Waals surface area contributed by atoms with Gasteiger partial charge in [0, 0.05) is 37.1 Å². The summed E-state index contributed by atoms with van der Waals surface area (Å²) >= 11 is 0. The van der Waals surface area contributed by atoms with Crippen LogP contribution in [0, 0.1) is 12.3 Å². The second-order valence-electron chi connectivity index (χ2n) is 7.09. The van der Waals surface area contributed by atoms with E-state index < -0.39 is 0 Å². The Morgan fingerprint density at radius 2 is 2.10 bits per heavy atom. The number of aryl methyl sites for hydroxylation is 1. The maximum atomic E-state index is 12.5. The van der Waals surface area contributed by atoms with Crippen LogP contribution in [0.2, 0.25) is 0 Å². The largest absolute Gasteiger partial charge is 0.357 e. The Bertz CT molecular complexity index is 1030. The van der Waals surface area contributed by atoms with Crippen LogP contribution in [0.5, 0.6) is 0 Å². The summed E-state index contributed by atoms with van der Waals surface area (Å²) in [5, 5.41) is 10.8. The summed E-state index contributed by atoms with van der Waals surface area (Å²) in [7, 11) is 1.59. The number of nitrogens with zero attached hydrogens (tertiary/aromatic N) is 5. The number of hydrogen-bond acceptors (Lipinski definition) is 7. The van der Waals surface area contributed by atoms with Crippen molar-refractivity contribution in [3.63, 3.8) is 0 Å². The summed E-state index contributed by atoms with van der Waals surface area (Å²) < 4.78 is 0. The zero-order valence-corrected chi connectivity index (χ0v) is 16.3. The predicted octanol–water partition coefficient (Wildman–Crippen LogP) is 1.58. The first-order valence-electron chi connectivity index (χ1n) is 9.34. The Labute approximate surface area is 168 Å². The lowest BCUT2D eigenvalue weighted by Crippen LogP contribution is -2.38. The molecule has 9 heteroatoms. The molecule has 0 fully saturated rings. The molecule has 2 aliphatic heterocycles. The maximum absolute atomic E-state index is 12.5. The van der Waals surface area contributed by atoms with E-state index in [2.05, 4.69) is 20.3 Å². The van der Waals surface area contributed by atoms with Crippen molar-refractivity contribution in [2.24, 2.45) is 0 Å². The average Bonchev–Trinajstić information content (AvgIpc) is 2.93. The van der Waals surface area contributed by atoms with Crippen LogP contribution in [0.1, 0.15) is 18.5 Å². The van der Waals surface area contributed by atoms with Crippen LogP contribution in [0.3, 0.4) is 0 Å². The summed E-state index contributed by atoms with van der Waals surface area (Å²) in [6.07, 6.45) is 6.48. The van der Waals surface area contributed by atoms with Crippen LogP contribution < -0.4 is 5.32 Å². The lowest BCUT2D eigenvalue weighted by Gasteiger charge is -2.28. The number of anilines is 1. The van der Waals surface area contributed by atoms with Crippen molar-refractivity contribution in [3.8, 4) is 11.3 Å². The van der Waals surface area contributed by atoms with Crippen LogP contribution >= 0.6 is 0 Å².